The Morgan fingerprint density at radius 2 is 2.11 bits per heavy atom. The Balaban J connectivity index is 1.71. The van der Waals surface area contributed by atoms with Crippen molar-refractivity contribution in [3.05, 3.63) is 24.5 Å². The number of rotatable bonds is 7. The Morgan fingerprint density at radius 3 is 2.89 bits per heavy atom. The van der Waals surface area contributed by atoms with Gasteiger partial charge in [0.2, 0.25) is 10.0 Å². The van der Waals surface area contributed by atoms with Crippen molar-refractivity contribution in [2.45, 2.75) is 24.3 Å². The van der Waals surface area contributed by atoms with E-state index in [9.17, 15) is 8.42 Å². The molecule has 0 amide bonds. The highest BCUT2D eigenvalue weighted by Gasteiger charge is 2.02. The van der Waals surface area contributed by atoms with Gasteiger partial charge >= 0.3 is 0 Å². The van der Waals surface area contributed by atoms with Crippen LogP contribution in [0.5, 0.6) is 0 Å². The van der Waals surface area contributed by atoms with Crippen LogP contribution in [0.2, 0.25) is 0 Å². The maximum Gasteiger partial charge on any atom is 0.209 e. The second kappa shape index (κ2) is 6.36. The van der Waals surface area contributed by atoms with Gasteiger partial charge < -0.3 is 0 Å². The Morgan fingerprint density at radius 1 is 1.26 bits per heavy atom. The molecule has 0 unspecified atom stereocenters. The molecular weight excluding hydrogens is 284 g/mol. The van der Waals surface area contributed by atoms with Crippen molar-refractivity contribution in [2.75, 3.05) is 11.5 Å². The smallest absolute Gasteiger partial charge is 0.209 e. The first kappa shape index (κ1) is 14.3. The first-order chi connectivity index (χ1) is 9.04. The van der Waals surface area contributed by atoms with E-state index in [2.05, 4.69) is 10.1 Å². The first-order valence-corrected chi connectivity index (χ1v) is 8.68. The second-order valence-corrected chi connectivity index (χ2v) is 7.03. The van der Waals surface area contributed by atoms with Crippen molar-refractivity contribution >= 4 is 27.4 Å². The van der Waals surface area contributed by atoms with E-state index in [4.69, 9.17) is 5.14 Å². The van der Waals surface area contributed by atoms with E-state index in [0.29, 0.717) is 6.42 Å². The van der Waals surface area contributed by atoms with E-state index >= 15 is 0 Å². The summed E-state index contributed by atoms with van der Waals surface area (Å²) in [4.78, 5) is 4.13. The average Bonchev–Trinajstić information content (AvgIpc) is 2.79. The first-order valence-electron chi connectivity index (χ1n) is 5.98. The number of aromatic nitrogens is 3. The van der Waals surface area contributed by atoms with Gasteiger partial charge in [-0.3, -0.25) is 0 Å². The number of unbranched alkanes of at least 4 members (excludes halogenated alkanes) is 2. The van der Waals surface area contributed by atoms with E-state index in [-0.39, 0.29) is 5.75 Å². The van der Waals surface area contributed by atoms with Crippen LogP contribution in [0.4, 0.5) is 0 Å². The van der Waals surface area contributed by atoms with Gasteiger partial charge in [0, 0.05) is 12.4 Å². The molecule has 8 heteroatoms. The Bertz CT molecular complexity index is 639. The van der Waals surface area contributed by atoms with Crippen LogP contribution in [0.3, 0.4) is 0 Å². The van der Waals surface area contributed by atoms with Crippen LogP contribution in [0.15, 0.2) is 29.6 Å². The fourth-order valence-electron chi connectivity index (χ4n) is 1.63. The second-order valence-electron chi connectivity index (χ2n) is 4.18. The number of primary sulfonamides is 1. The SMILES string of the molecule is NS(=O)(=O)CCCCCSc1ccc2nccn2n1. The van der Waals surface area contributed by atoms with Crippen molar-refractivity contribution in [2.24, 2.45) is 5.14 Å². The molecule has 0 aliphatic rings. The summed E-state index contributed by atoms with van der Waals surface area (Å²) in [6.07, 6.45) is 5.95. The topological polar surface area (TPSA) is 90.4 Å². The van der Waals surface area contributed by atoms with Gasteiger partial charge in [0.25, 0.3) is 0 Å². The lowest BCUT2D eigenvalue weighted by molar-refractivity contribution is 0.593. The van der Waals surface area contributed by atoms with Gasteiger partial charge in [-0.25, -0.2) is 23.1 Å². The molecule has 0 aliphatic carbocycles. The summed E-state index contributed by atoms with van der Waals surface area (Å²) in [5.41, 5.74) is 0.831. The van der Waals surface area contributed by atoms with Gasteiger partial charge in [0.1, 0.15) is 5.03 Å². The quantitative estimate of drug-likeness (QED) is 0.614. The standard InChI is InChI=1S/C11H16N4O2S2/c12-19(16,17)9-3-1-2-8-18-11-5-4-10-13-6-7-15(10)14-11/h4-7H,1-3,8-9H2,(H2,12,16,17). The lowest BCUT2D eigenvalue weighted by Gasteiger charge is -2.02. The molecular formula is C11H16N4O2S2. The summed E-state index contributed by atoms with van der Waals surface area (Å²) in [7, 11) is -3.31. The third-order valence-corrected chi connectivity index (χ3v) is 4.42. The van der Waals surface area contributed by atoms with Crippen LogP contribution in [-0.2, 0) is 10.0 Å². The number of nitrogens with two attached hydrogens (primary N) is 1. The van der Waals surface area contributed by atoms with E-state index in [1.54, 1.807) is 22.5 Å². The van der Waals surface area contributed by atoms with E-state index in [1.807, 2.05) is 18.3 Å². The molecule has 0 fully saturated rings. The molecule has 0 atom stereocenters. The summed E-state index contributed by atoms with van der Waals surface area (Å²) in [6.45, 7) is 0. The average molecular weight is 300 g/mol. The highest BCUT2D eigenvalue weighted by atomic mass is 32.2. The van der Waals surface area contributed by atoms with Crippen LogP contribution in [-0.4, -0.2) is 34.5 Å². The Hall–Kier alpha value is -1.12. The molecule has 0 spiro atoms. The van der Waals surface area contributed by atoms with Gasteiger partial charge in [-0.1, -0.05) is 6.42 Å². The van der Waals surface area contributed by atoms with E-state index in [1.165, 1.54) is 0 Å². The lowest BCUT2D eigenvalue weighted by Crippen LogP contribution is -2.16. The van der Waals surface area contributed by atoms with Crippen LogP contribution < -0.4 is 5.14 Å². The van der Waals surface area contributed by atoms with Crippen molar-refractivity contribution in [1.29, 1.82) is 0 Å². The van der Waals surface area contributed by atoms with Crippen molar-refractivity contribution in [3.8, 4) is 0 Å². The molecule has 104 valence electrons. The zero-order valence-corrected chi connectivity index (χ0v) is 12.0. The minimum atomic E-state index is -3.31. The third kappa shape index (κ3) is 4.81. The number of sulfonamides is 1. The van der Waals surface area contributed by atoms with Crippen molar-refractivity contribution in [1.82, 2.24) is 14.6 Å². The molecule has 0 saturated carbocycles. The summed E-state index contributed by atoms with van der Waals surface area (Å²) >= 11 is 1.66. The molecule has 2 aromatic rings. The number of nitrogens with zero attached hydrogens (tertiary/aromatic N) is 3. The van der Waals surface area contributed by atoms with E-state index in [0.717, 1.165) is 29.3 Å². The van der Waals surface area contributed by atoms with Gasteiger partial charge in [0.15, 0.2) is 5.65 Å². The molecule has 0 radical (unpaired) electrons. The lowest BCUT2D eigenvalue weighted by atomic mass is 10.3. The Labute approximate surface area is 116 Å². The van der Waals surface area contributed by atoms with Crippen LogP contribution >= 0.6 is 11.8 Å². The molecule has 0 bridgehead atoms. The maximum atomic E-state index is 10.7. The predicted molar refractivity (Wildman–Crippen MR) is 75.5 cm³/mol. The molecule has 2 heterocycles. The molecule has 0 aromatic carbocycles. The highest BCUT2D eigenvalue weighted by Crippen LogP contribution is 2.17. The molecule has 2 N–H and O–H groups in total. The van der Waals surface area contributed by atoms with Crippen molar-refractivity contribution in [3.63, 3.8) is 0 Å². The highest BCUT2D eigenvalue weighted by molar-refractivity contribution is 7.99. The molecule has 2 aromatic heterocycles. The normalized spacial score (nSPS) is 12.1. The summed E-state index contributed by atoms with van der Waals surface area (Å²) in [5.74, 6) is 0.981. The molecule has 0 aliphatic heterocycles. The molecule has 2 rings (SSSR count). The van der Waals surface area contributed by atoms with Gasteiger partial charge in [-0.15, -0.1) is 11.8 Å². The number of thioether (sulfide) groups is 1. The zero-order chi connectivity index (χ0) is 13.7. The fourth-order valence-corrected chi connectivity index (χ4v) is 3.11. The zero-order valence-electron chi connectivity index (χ0n) is 10.4. The Kier molecular flexibility index (Phi) is 4.78. The number of hydrogen-bond donors (Lipinski definition) is 1. The maximum absolute atomic E-state index is 10.7. The fraction of sp³-hybridized carbons (Fsp3) is 0.455. The summed E-state index contributed by atoms with van der Waals surface area (Å²) in [6, 6.07) is 3.87. The third-order valence-electron chi connectivity index (χ3n) is 2.55. The minimum absolute atomic E-state index is 0.0664. The van der Waals surface area contributed by atoms with Crippen LogP contribution in [0.25, 0.3) is 5.65 Å². The van der Waals surface area contributed by atoms with Crippen LogP contribution in [0.1, 0.15) is 19.3 Å². The number of fused-ring (bicyclic) bond motifs is 1. The molecule has 6 nitrogen and oxygen atoms in total. The minimum Gasteiger partial charge on any atom is -0.236 e. The van der Waals surface area contributed by atoms with Gasteiger partial charge in [0.05, 0.1) is 5.75 Å². The molecule has 0 saturated heterocycles. The number of hydrogen-bond acceptors (Lipinski definition) is 5. The van der Waals surface area contributed by atoms with E-state index < -0.39 is 10.0 Å². The summed E-state index contributed by atoms with van der Waals surface area (Å²) < 4.78 is 23.2. The van der Waals surface area contributed by atoms with Gasteiger partial charge in [-0.2, -0.15) is 5.10 Å². The predicted octanol–water partition coefficient (Wildman–Crippen LogP) is 1.28. The summed E-state index contributed by atoms with van der Waals surface area (Å²) in [5, 5.41) is 10.3. The largest absolute Gasteiger partial charge is 0.236 e. The van der Waals surface area contributed by atoms with Crippen molar-refractivity contribution < 1.29 is 8.42 Å². The van der Waals surface area contributed by atoms with Crippen LogP contribution in [0, 0.1) is 0 Å². The molecule has 19 heavy (non-hydrogen) atoms. The van der Waals surface area contributed by atoms with Gasteiger partial charge in [-0.05, 0) is 30.7 Å². The monoisotopic (exact) mass is 300 g/mol. The number of imidazole rings is 1.